The Morgan fingerprint density at radius 1 is 1.09 bits per heavy atom. The maximum atomic E-state index is 5.19. The number of hydrogen-bond donors (Lipinski definition) is 3. The van der Waals surface area contributed by atoms with Crippen molar-refractivity contribution < 1.29 is 4.74 Å². The number of rotatable bonds is 8. The molecule has 32 heavy (non-hydrogen) atoms. The molecule has 0 saturated heterocycles. The van der Waals surface area contributed by atoms with E-state index in [2.05, 4.69) is 46.4 Å². The highest BCUT2D eigenvalue weighted by molar-refractivity contribution is 5.79. The molecule has 0 aliphatic carbocycles. The molecular weight excluding hydrogens is 404 g/mol. The summed E-state index contributed by atoms with van der Waals surface area (Å²) in [6.07, 6.45) is 0.950. The van der Waals surface area contributed by atoms with Crippen LogP contribution in [0.5, 0.6) is 5.75 Å². The lowest BCUT2D eigenvalue weighted by atomic mass is 10.2. The van der Waals surface area contributed by atoms with Crippen molar-refractivity contribution in [2.45, 2.75) is 26.4 Å². The van der Waals surface area contributed by atoms with Gasteiger partial charge in [0.2, 0.25) is 0 Å². The topological polar surface area (TPSA) is 105 Å². The number of fused-ring (bicyclic) bond motifs is 1. The van der Waals surface area contributed by atoms with Crippen LogP contribution in [-0.4, -0.2) is 51.4 Å². The lowest BCUT2D eigenvalue weighted by molar-refractivity contribution is 0.415. The number of benzene rings is 2. The van der Waals surface area contributed by atoms with Gasteiger partial charge in [0.25, 0.3) is 0 Å². The van der Waals surface area contributed by atoms with Gasteiger partial charge in [-0.2, -0.15) is 5.10 Å². The zero-order valence-corrected chi connectivity index (χ0v) is 18.6. The number of H-pyrrole nitrogens is 1. The minimum atomic E-state index is 0.494. The number of ether oxygens (including phenoxy) is 1. The van der Waals surface area contributed by atoms with Crippen LogP contribution in [0.15, 0.2) is 53.5 Å². The van der Waals surface area contributed by atoms with E-state index < -0.39 is 0 Å². The van der Waals surface area contributed by atoms with Crippen LogP contribution in [0.1, 0.15) is 18.1 Å². The van der Waals surface area contributed by atoms with Crippen LogP contribution in [0.4, 0.5) is 0 Å². The SMILES string of the molecule is CN=C(NCCCn1c(C)nc2ccccc21)NCc1nc(-c2ccc(OC)cc2)n[nH]1. The summed E-state index contributed by atoms with van der Waals surface area (Å²) in [5.41, 5.74) is 3.14. The lowest BCUT2D eigenvalue weighted by Gasteiger charge is -2.12. The molecule has 2 heterocycles. The molecule has 2 aromatic heterocycles. The standard InChI is InChI=1S/C23H28N8O/c1-16-27-19-7-4-5-8-20(19)31(16)14-6-13-25-23(24-2)26-15-21-28-22(30-29-21)17-9-11-18(32-3)12-10-17/h4-5,7-12H,6,13-15H2,1-3H3,(H2,24,25,26)(H,28,29,30). The Morgan fingerprint density at radius 2 is 1.91 bits per heavy atom. The molecule has 0 atom stereocenters. The first-order valence-corrected chi connectivity index (χ1v) is 10.6. The molecule has 0 aliphatic heterocycles. The number of nitrogens with one attached hydrogen (secondary N) is 3. The van der Waals surface area contributed by atoms with Crippen LogP contribution in [0.2, 0.25) is 0 Å². The van der Waals surface area contributed by atoms with Gasteiger partial charge in [-0.05, 0) is 49.7 Å². The maximum Gasteiger partial charge on any atom is 0.191 e. The van der Waals surface area contributed by atoms with Crippen molar-refractivity contribution in [3.63, 3.8) is 0 Å². The van der Waals surface area contributed by atoms with Gasteiger partial charge in [0.05, 0.1) is 24.7 Å². The zero-order chi connectivity index (χ0) is 22.3. The monoisotopic (exact) mass is 432 g/mol. The minimum absolute atomic E-state index is 0.494. The van der Waals surface area contributed by atoms with E-state index in [9.17, 15) is 0 Å². The molecule has 0 unspecified atom stereocenters. The van der Waals surface area contributed by atoms with Gasteiger partial charge in [-0.1, -0.05) is 12.1 Å². The third-order valence-corrected chi connectivity index (χ3v) is 5.22. The highest BCUT2D eigenvalue weighted by Gasteiger charge is 2.08. The largest absolute Gasteiger partial charge is 0.497 e. The molecule has 0 spiro atoms. The van der Waals surface area contributed by atoms with Crippen LogP contribution in [0.25, 0.3) is 22.4 Å². The number of aromatic nitrogens is 5. The Labute approximate surface area is 187 Å². The van der Waals surface area contributed by atoms with Crippen LogP contribution in [-0.2, 0) is 13.1 Å². The number of aryl methyl sites for hydroxylation is 2. The second kappa shape index (κ2) is 9.95. The van der Waals surface area contributed by atoms with E-state index >= 15 is 0 Å². The molecule has 0 amide bonds. The quantitative estimate of drug-likeness (QED) is 0.225. The van der Waals surface area contributed by atoms with Crippen molar-refractivity contribution in [1.29, 1.82) is 0 Å². The Bertz CT molecular complexity index is 1190. The molecule has 0 radical (unpaired) electrons. The first-order chi connectivity index (χ1) is 15.7. The molecule has 4 aromatic rings. The molecular formula is C23H28N8O. The summed E-state index contributed by atoms with van der Waals surface area (Å²) in [7, 11) is 3.40. The Morgan fingerprint density at radius 3 is 2.69 bits per heavy atom. The first-order valence-electron chi connectivity index (χ1n) is 10.6. The maximum absolute atomic E-state index is 5.19. The van der Waals surface area contributed by atoms with Crippen molar-refractivity contribution in [3.8, 4) is 17.1 Å². The molecule has 4 rings (SSSR count). The summed E-state index contributed by atoms with van der Waals surface area (Å²) in [6.45, 7) is 4.22. The minimum Gasteiger partial charge on any atom is -0.497 e. The number of aromatic amines is 1. The molecule has 0 fully saturated rings. The fourth-order valence-electron chi connectivity index (χ4n) is 3.55. The first kappa shape index (κ1) is 21.4. The summed E-state index contributed by atoms with van der Waals surface area (Å²) in [6, 6.07) is 15.9. The van der Waals surface area contributed by atoms with E-state index in [1.165, 1.54) is 5.52 Å². The Kier molecular flexibility index (Phi) is 6.64. The van der Waals surface area contributed by atoms with Crippen molar-refractivity contribution >= 4 is 17.0 Å². The highest BCUT2D eigenvalue weighted by atomic mass is 16.5. The molecule has 166 valence electrons. The fraction of sp³-hybridized carbons (Fsp3) is 0.304. The van der Waals surface area contributed by atoms with Gasteiger partial charge in [0, 0.05) is 25.7 Å². The smallest absolute Gasteiger partial charge is 0.191 e. The number of methoxy groups -OCH3 is 1. The number of para-hydroxylation sites is 2. The lowest BCUT2D eigenvalue weighted by Crippen LogP contribution is -2.37. The van der Waals surface area contributed by atoms with Crippen molar-refractivity contribution in [1.82, 2.24) is 35.4 Å². The molecule has 0 bridgehead atoms. The van der Waals surface area contributed by atoms with Crippen LogP contribution >= 0.6 is 0 Å². The average Bonchev–Trinajstić information content (AvgIpc) is 3.43. The highest BCUT2D eigenvalue weighted by Crippen LogP contribution is 2.19. The number of hydrogen-bond acceptors (Lipinski definition) is 5. The van der Waals surface area contributed by atoms with Gasteiger partial charge in [0.1, 0.15) is 17.4 Å². The summed E-state index contributed by atoms with van der Waals surface area (Å²) in [4.78, 5) is 13.5. The normalized spacial score (nSPS) is 11.7. The summed E-state index contributed by atoms with van der Waals surface area (Å²) in [5, 5.41) is 13.9. The van der Waals surface area contributed by atoms with E-state index in [1.807, 2.05) is 49.4 Å². The van der Waals surface area contributed by atoms with Crippen molar-refractivity contribution in [2.75, 3.05) is 20.7 Å². The van der Waals surface area contributed by atoms with E-state index in [-0.39, 0.29) is 0 Å². The summed E-state index contributed by atoms with van der Waals surface area (Å²) in [5.74, 6) is 3.94. The Balaban J connectivity index is 1.25. The van der Waals surface area contributed by atoms with Gasteiger partial charge in [-0.15, -0.1) is 0 Å². The molecule has 0 aliphatic rings. The third kappa shape index (κ3) is 4.88. The van der Waals surface area contributed by atoms with Gasteiger partial charge in [-0.25, -0.2) is 9.97 Å². The van der Waals surface area contributed by atoms with E-state index in [1.54, 1.807) is 14.2 Å². The predicted molar refractivity (Wildman–Crippen MR) is 126 cm³/mol. The Hall–Kier alpha value is -3.88. The summed E-state index contributed by atoms with van der Waals surface area (Å²) < 4.78 is 7.44. The third-order valence-electron chi connectivity index (χ3n) is 5.22. The van der Waals surface area contributed by atoms with Crippen molar-refractivity contribution in [2.24, 2.45) is 4.99 Å². The number of aliphatic imine (C=N–C) groups is 1. The van der Waals surface area contributed by atoms with E-state index in [0.29, 0.717) is 12.4 Å². The van der Waals surface area contributed by atoms with Gasteiger partial charge < -0.3 is 19.9 Å². The predicted octanol–water partition coefficient (Wildman–Crippen LogP) is 2.89. The number of nitrogens with zero attached hydrogens (tertiary/aromatic N) is 5. The van der Waals surface area contributed by atoms with E-state index in [4.69, 9.17) is 4.74 Å². The number of imidazole rings is 1. The van der Waals surface area contributed by atoms with Gasteiger partial charge >= 0.3 is 0 Å². The summed E-state index contributed by atoms with van der Waals surface area (Å²) >= 11 is 0. The van der Waals surface area contributed by atoms with Crippen LogP contribution < -0.4 is 15.4 Å². The van der Waals surface area contributed by atoms with Crippen LogP contribution in [0.3, 0.4) is 0 Å². The van der Waals surface area contributed by atoms with Crippen molar-refractivity contribution in [3.05, 3.63) is 60.2 Å². The van der Waals surface area contributed by atoms with Gasteiger partial charge in [-0.3, -0.25) is 10.1 Å². The second-order valence-electron chi connectivity index (χ2n) is 7.34. The molecule has 2 aromatic carbocycles. The molecule has 0 saturated carbocycles. The number of guanidine groups is 1. The zero-order valence-electron chi connectivity index (χ0n) is 18.6. The van der Waals surface area contributed by atoms with Gasteiger partial charge in [0.15, 0.2) is 11.8 Å². The van der Waals surface area contributed by atoms with Crippen LogP contribution in [0, 0.1) is 6.92 Å². The second-order valence-corrected chi connectivity index (χ2v) is 7.34. The fourth-order valence-corrected chi connectivity index (χ4v) is 3.55. The molecule has 9 nitrogen and oxygen atoms in total. The average molecular weight is 433 g/mol. The molecule has 9 heteroatoms. The molecule has 3 N–H and O–H groups in total. The van der Waals surface area contributed by atoms with E-state index in [0.717, 1.165) is 53.9 Å².